The van der Waals surface area contributed by atoms with Gasteiger partial charge >= 0.3 is 0 Å². The smallest absolute Gasteiger partial charge is 0.253 e. The fraction of sp³-hybridized carbons (Fsp3) is 0.238. The highest BCUT2D eigenvalue weighted by atomic mass is 35.5. The van der Waals surface area contributed by atoms with Crippen molar-refractivity contribution in [2.24, 2.45) is 0 Å². The van der Waals surface area contributed by atoms with Crippen LogP contribution in [0.4, 0.5) is 5.69 Å². The third-order valence-corrected chi connectivity index (χ3v) is 5.60. The van der Waals surface area contributed by atoms with E-state index in [-0.39, 0.29) is 23.6 Å². The van der Waals surface area contributed by atoms with Gasteiger partial charge in [0.2, 0.25) is 5.91 Å². The molecule has 1 aromatic heterocycles. The number of anilines is 1. The number of benzene rings is 2. The fourth-order valence-corrected chi connectivity index (χ4v) is 3.89. The summed E-state index contributed by atoms with van der Waals surface area (Å²) in [6.45, 7) is 4.41. The van der Waals surface area contributed by atoms with E-state index in [2.05, 4.69) is 20.8 Å². The number of carbonyl (C=O) groups excluding carboxylic acids is 2. The van der Waals surface area contributed by atoms with Crippen molar-refractivity contribution in [3.63, 3.8) is 0 Å². The summed E-state index contributed by atoms with van der Waals surface area (Å²) in [5.74, 6) is 0.408. The molecule has 0 spiro atoms. The van der Waals surface area contributed by atoms with Crippen molar-refractivity contribution in [3.8, 4) is 0 Å². The van der Waals surface area contributed by atoms with Gasteiger partial charge in [-0.25, -0.2) is 0 Å². The van der Waals surface area contributed by atoms with Gasteiger partial charge in [-0.2, -0.15) is 0 Å². The van der Waals surface area contributed by atoms with Gasteiger partial charge in [0.05, 0.1) is 22.4 Å². The lowest BCUT2D eigenvalue weighted by Gasteiger charge is -2.15. The van der Waals surface area contributed by atoms with Gasteiger partial charge in [0, 0.05) is 12.2 Å². The number of hydrogen-bond donors (Lipinski definition) is 2. The predicted molar refractivity (Wildman–Crippen MR) is 119 cm³/mol. The summed E-state index contributed by atoms with van der Waals surface area (Å²) >= 11 is 7.40. The molecule has 3 aromatic rings. The molecule has 1 atom stereocenters. The molecule has 0 aliphatic carbocycles. The molecular formula is C21H22ClN5O2S. The summed E-state index contributed by atoms with van der Waals surface area (Å²) in [6.07, 6.45) is 0. The van der Waals surface area contributed by atoms with Crippen molar-refractivity contribution in [1.82, 2.24) is 20.1 Å². The van der Waals surface area contributed by atoms with Crippen LogP contribution >= 0.6 is 23.4 Å². The molecule has 0 radical (unpaired) electrons. The maximum Gasteiger partial charge on any atom is 0.253 e. The van der Waals surface area contributed by atoms with Crippen LogP contribution in [-0.4, -0.2) is 32.3 Å². The standard InChI is InChI=1S/C21H22ClN5O2S/c1-3-27-19(14(2)23-20(29)16-11-7-8-12-17(16)22)25-26-21(27)30-13-18(28)24-15-9-5-4-6-10-15/h4-12,14H,3,13H2,1-2H3,(H,23,29)(H,24,28). The maximum atomic E-state index is 12.5. The Labute approximate surface area is 184 Å². The molecule has 0 saturated carbocycles. The zero-order valence-electron chi connectivity index (χ0n) is 16.6. The van der Waals surface area contributed by atoms with Gasteiger partial charge in [-0.1, -0.05) is 53.7 Å². The molecule has 0 aliphatic heterocycles. The largest absolute Gasteiger partial charge is 0.342 e. The van der Waals surface area contributed by atoms with Crippen LogP contribution in [-0.2, 0) is 11.3 Å². The van der Waals surface area contributed by atoms with Crippen LogP contribution in [0.25, 0.3) is 0 Å². The summed E-state index contributed by atoms with van der Waals surface area (Å²) in [6, 6.07) is 15.8. The summed E-state index contributed by atoms with van der Waals surface area (Å²) < 4.78 is 1.89. The minimum atomic E-state index is -0.381. The van der Waals surface area contributed by atoms with Gasteiger partial charge in [0.25, 0.3) is 5.91 Å². The number of amides is 2. The molecule has 3 rings (SSSR count). The van der Waals surface area contributed by atoms with E-state index in [1.807, 2.05) is 48.7 Å². The van der Waals surface area contributed by atoms with Crippen LogP contribution in [0.1, 0.15) is 36.1 Å². The Hall–Kier alpha value is -2.84. The Bertz CT molecular complexity index is 1030. The van der Waals surface area contributed by atoms with Crippen molar-refractivity contribution in [2.75, 3.05) is 11.1 Å². The molecular weight excluding hydrogens is 422 g/mol. The molecule has 0 bridgehead atoms. The average Bonchev–Trinajstić information content (AvgIpc) is 3.16. The Morgan fingerprint density at radius 1 is 1.10 bits per heavy atom. The van der Waals surface area contributed by atoms with E-state index in [4.69, 9.17) is 11.6 Å². The number of hydrogen-bond acceptors (Lipinski definition) is 5. The third kappa shape index (κ3) is 5.40. The van der Waals surface area contributed by atoms with Gasteiger partial charge in [-0.05, 0) is 38.1 Å². The van der Waals surface area contributed by atoms with Gasteiger partial charge in [0.1, 0.15) is 0 Å². The van der Waals surface area contributed by atoms with Crippen LogP contribution in [0.3, 0.4) is 0 Å². The molecule has 30 heavy (non-hydrogen) atoms. The van der Waals surface area contributed by atoms with E-state index in [1.165, 1.54) is 11.8 Å². The Morgan fingerprint density at radius 3 is 2.50 bits per heavy atom. The highest BCUT2D eigenvalue weighted by Crippen LogP contribution is 2.22. The van der Waals surface area contributed by atoms with Crippen molar-refractivity contribution >= 4 is 40.9 Å². The maximum absolute atomic E-state index is 12.5. The van der Waals surface area contributed by atoms with Crippen LogP contribution in [0, 0.1) is 0 Å². The predicted octanol–water partition coefficient (Wildman–Crippen LogP) is 4.17. The molecule has 0 saturated heterocycles. The lowest BCUT2D eigenvalue weighted by molar-refractivity contribution is -0.113. The first-order chi connectivity index (χ1) is 14.5. The molecule has 7 nitrogen and oxygen atoms in total. The Kier molecular flexibility index (Phi) is 7.48. The van der Waals surface area contributed by atoms with E-state index < -0.39 is 0 Å². The minimum absolute atomic E-state index is 0.126. The van der Waals surface area contributed by atoms with E-state index in [0.29, 0.717) is 28.1 Å². The topological polar surface area (TPSA) is 88.9 Å². The highest BCUT2D eigenvalue weighted by molar-refractivity contribution is 7.99. The number of carbonyl (C=O) groups is 2. The molecule has 0 aliphatic rings. The highest BCUT2D eigenvalue weighted by Gasteiger charge is 2.21. The molecule has 156 valence electrons. The number of rotatable bonds is 8. The molecule has 0 fully saturated rings. The molecule has 9 heteroatoms. The first-order valence-electron chi connectivity index (χ1n) is 9.45. The SMILES string of the molecule is CCn1c(SCC(=O)Nc2ccccc2)nnc1C(C)NC(=O)c1ccccc1Cl. The Morgan fingerprint density at radius 2 is 1.80 bits per heavy atom. The number of para-hydroxylation sites is 1. The average molecular weight is 444 g/mol. The van der Waals surface area contributed by atoms with Crippen molar-refractivity contribution in [2.45, 2.75) is 31.6 Å². The minimum Gasteiger partial charge on any atom is -0.342 e. The summed E-state index contributed by atoms with van der Waals surface area (Å²) in [4.78, 5) is 24.7. The van der Waals surface area contributed by atoms with Crippen LogP contribution < -0.4 is 10.6 Å². The van der Waals surface area contributed by atoms with E-state index in [9.17, 15) is 9.59 Å². The summed E-state index contributed by atoms with van der Waals surface area (Å²) in [5.41, 5.74) is 1.15. The lowest BCUT2D eigenvalue weighted by Crippen LogP contribution is -2.29. The molecule has 2 amide bonds. The summed E-state index contributed by atoms with van der Waals surface area (Å²) in [5, 5.41) is 15.2. The van der Waals surface area contributed by atoms with Crippen molar-refractivity contribution < 1.29 is 9.59 Å². The second-order valence-corrected chi connectivity index (χ2v) is 7.81. The second kappa shape index (κ2) is 10.3. The quantitative estimate of drug-likeness (QED) is 0.510. The zero-order valence-corrected chi connectivity index (χ0v) is 18.2. The zero-order chi connectivity index (χ0) is 21.5. The lowest BCUT2D eigenvalue weighted by atomic mass is 10.2. The van der Waals surface area contributed by atoms with Crippen LogP contribution in [0.2, 0.25) is 5.02 Å². The number of nitrogens with zero attached hydrogens (tertiary/aromatic N) is 3. The van der Waals surface area contributed by atoms with Gasteiger partial charge < -0.3 is 15.2 Å². The monoisotopic (exact) mass is 443 g/mol. The van der Waals surface area contributed by atoms with Crippen LogP contribution in [0.15, 0.2) is 59.8 Å². The van der Waals surface area contributed by atoms with E-state index in [1.54, 1.807) is 24.3 Å². The Balaban J connectivity index is 1.64. The molecule has 2 N–H and O–H groups in total. The van der Waals surface area contributed by atoms with Gasteiger partial charge in [0.15, 0.2) is 11.0 Å². The first-order valence-corrected chi connectivity index (χ1v) is 10.8. The molecule has 2 aromatic carbocycles. The number of aromatic nitrogens is 3. The third-order valence-electron chi connectivity index (χ3n) is 4.30. The number of halogens is 1. The molecule has 1 unspecified atom stereocenters. The van der Waals surface area contributed by atoms with Crippen molar-refractivity contribution in [1.29, 1.82) is 0 Å². The normalized spacial score (nSPS) is 11.7. The van der Waals surface area contributed by atoms with Gasteiger partial charge in [-0.15, -0.1) is 10.2 Å². The summed E-state index contributed by atoms with van der Waals surface area (Å²) in [7, 11) is 0. The fourth-order valence-electron chi connectivity index (χ4n) is 2.86. The van der Waals surface area contributed by atoms with E-state index >= 15 is 0 Å². The number of thioether (sulfide) groups is 1. The molecule has 1 heterocycles. The van der Waals surface area contributed by atoms with Crippen molar-refractivity contribution in [3.05, 3.63) is 71.0 Å². The number of nitrogens with one attached hydrogen (secondary N) is 2. The first kappa shape index (κ1) is 21.9. The second-order valence-electron chi connectivity index (χ2n) is 6.46. The van der Waals surface area contributed by atoms with E-state index in [0.717, 1.165) is 5.69 Å². The van der Waals surface area contributed by atoms with Crippen LogP contribution in [0.5, 0.6) is 0 Å². The van der Waals surface area contributed by atoms with Gasteiger partial charge in [-0.3, -0.25) is 9.59 Å².